The fourth-order valence-corrected chi connectivity index (χ4v) is 2.25. The monoisotopic (exact) mass is 288 g/mol. The third-order valence-electron chi connectivity index (χ3n) is 3.26. The molecule has 3 rings (SSSR count). The first-order valence-electron chi connectivity index (χ1n) is 6.27. The number of fused-ring (bicyclic) bond motifs is 1. The molecule has 108 valence electrons. The molecule has 0 radical (unpaired) electrons. The number of benzene rings is 1. The van der Waals surface area contributed by atoms with E-state index in [1.54, 1.807) is 13.0 Å². The molecular formula is C12H12N6O3. The van der Waals surface area contributed by atoms with Crippen molar-refractivity contribution in [2.24, 2.45) is 0 Å². The van der Waals surface area contributed by atoms with Crippen molar-refractivity contribution in [2.75, 3.05) is 10.6 Å². The first-order chi connectivity index (χ1) is 10.0. The average molecular weight is 288 g/mol. The second kappa shape index (κ2) is 4.85. The summed E-state index contributed by atoms with van der Waals surface area (Å²) >= 11 is 0. The summed E-state index contributed by atoms with van der Waals surface area (Å²) in [5.41, 5.74) is 1.48. The quantitative estimate of drug-likeness (QED) is 0.576. The minimum Gasteiger partial charge on any atom is -0.370 e. The van der Waals surface area contributed by atoms with Crippen LogP contribution >= 0.6 is 0 Å². The molecule has 0 aliphatic carbocycles. The molecule has 3 N–H and O–H groups in total. The predicted molar refractivity (Wildman–Crippen MR) is 73.9 cm³/mol. The van der Waals surface area contributed by atoms with Gasteiger partial charge in [-0.25, -0.2) is 4.98 Å². The fraction of sp³-hybridized carbons (Fsp3) is 0.250. The van der Waals surface area contributed by atoms with Gasteiger partial charge in [-0.1, -0.05) is 0 Å². The summed E-state index contributed by atoms with van der Waals surface area (Å²) in [6.07, 6.45) is 1.53. The molecule has 1 aliphatic heterocycles. The molecule has 0 spiro atoms. The van der Waals surface area contributed by atoms with Gasteiger partial charge in [0.1, 0.15) is 17.8 Å². The molecule has 9 heteroatoms. The number of hydrogen-bond donors (Lipinski definition) is 3. The summed E-state index contributed by atoms with van der Waals surface area (Å²) < 4.78 is 0. The highest BCUT2D eigenvalue weighted by molar-refractivity contribution is 6.00. The maximum Gasteiger partial charge on any atom is 0.292 e. The number of nitro groups is 1. The Hall–Kier alpha value is -2.97. The van der Waals surface area contributed by atoms with Crippen LogP contribution in [0.25, 0.3) is 0 Å². The highest BCUT2D eigenvalue weighted by Gasteiger charge is 2.25. The topological polar surface area (TPSA) is 126 Å². The molecule has 0 bridgehead atoms. The van der Waals surface area contributed by atoms with Gasteiger partial charge in [-0.15, -0.1) is 0 Å². The predicted octanol–water partition coefficient (Wildman–Crippen LogP) is 1.38. The highest BCUT2D eigenvalue weighted by Crippen LogP contribution is 2.35. The van der Waals surface area contributed by atoms with Gasteiger partial charge in [0.2, 0.25) is 5.91 Å². The van der Waals surface area contributed by atoms with Gasteiger partial charge in [0.15, 0.2) is 0 Å². The van der Waals surface area contributed by atoms with E-state index in [1.165, 1.54) is 12.4 Å². The third-order valence-corrected chi connectivity index (χ3v) is 3.26. The molecule has 1 amide bonds. The second-order valence-electron chi connectivity index (χ2n) is 4.75. The first-order valence-corrected chi connectivity index (χ1v) is 6.27. The summed E-state index contributed by atoms with van der Waals surface area (Å²) in [7, 11) is 0. The molecule has 9 nitrogen and oxygen atoms in total. The summed E-state index contributed by atoms with van der Waals surface area (Å²) in [4.78, 5) is 26.1. The Morgan fingerprint density at radius 2 is 2.29 bits per heavy atom. The van der Waals surface area contributed by atoms with Gasteiger partial charge in [-0.3, -0.25) is 20.0 Å². The van der Waals surface area contributed by atoms with Crippen LogP contribution in [0.1, 0.15) is 24.4 Å². The molecule has 21 heavy (non-hydrogen) atoms. The van der Waals surface area contributed by atoms with Gasteiger partial charge in [-0.05, 0) is 18.6 Å². The normalized spacial score (nSPS) is 14.4. The number of rotatable bonds is 4. The zero-order chi connectivity index (χ0) is 15.0. The molecule has 0 saturated heterocycles. The lowest BCUT2D eigenvalue weighted by Crippen LogP contribution is -2.10. The van der Waals surface area contributed by atoms with Crippen LogP contribution in [-0.2, 0) is 11.2 Å². The van der Waals surface area contributed by atoms with Gasteiger partial charge in [0.25, 0.3) is 5.69 Å². The first kappa shape index (κ1) is 13.0. The number of aromatic amines is 1. The Labute approximate surface area is 118 Å². The van der Waals surface area contributed by atoms with Crippen LogP contribution in [0.3, 0.4) is 0 Å². The molecule has 1 aromatic heterocycles. The smallest absolute Gasteiger partial charge is 0.292 e. The Bertz CT molecular complexity index is 712. The largest absolute Gasteiger partial charge is 0.370 e. The summed E-state index contributed by atoms with van der Waals surface area (Å²) in [5, 5.41) is 23.3. The Morgan fingerprint density at radius 1 is 1.48 bits per heavy atom. The maximum absolute atomic E-state index is 11.4. The number of hydrogen-bond acceptors (Lipinski definition) is 6. The number of carbonyl (C=O) groups is 1. The van der Waals surface area contributed by atoms with Gasteiger partial charge in [0, 0.05) is 11.8 Å². The summed E-state index contributed by atoms with van der Waals surface area (Å²) in [6.45, 7) is 1.80. The second-order valence-corrected chi connectivity index (χ2v) is 4.75. The number of nitrogens with one attached hydrogen (secondary N) is 3. The van der Waals surface area contributed by atoms with Crippen LogP contribution in [0.5, 0.6) is 0 Å². The molecule has 1 aliphatic rings. The van der Waals surface area contributed by atoms with E-state index in [1.807, 2.05) is 0 Å². The minimum absolute atomic E-state index is 0.0726. The van der Waals surface area contributed by atoms with E-state index in [0.717, 1.165) is 0 Å². The van der Waals surface area contributed by atoms with Crippen LogP contribution in [0, 0.1) is 10.1 Å². The van der Waals surface area contributed by atoms with Crippen molar-refractivity contribution in [3.63, 3.8) is 0 Å². The van der Waals surface area contributed by atoms with Crippen LogP contribution in [0.15, 0.2) is 18.5 Å². The zero-order valence-corrected chi connectivity index (χ0v) is 11.1. The van der Waals surface area contributed by atoms with Gasteiger partial charge < -0.3 is 10.6 Å². The van der Waals surface area contributed by atoms with E-state index in [4.69, 9.17) is 0 Å². The van der Waals surface area contributed by atoms with Crippen LogP contribution in [0.2, 0.25) is 0 Å². The fourth-order valence-electron chi connectivity index (χ4n) is 2.25. The lowest BCUT2D eigenvalue weighted by Gasteiger charge is -2.13. The standard InChI is InChI=1S/C12H12N6O3/c1-6(12-13-5-14-17-12)15-9-4-8-7(3-11(19)16-8)2-10(9)18(20)21/h2,4-6,15H,3H2,1H3,(H,16,19)(H,13,14,17). The lowest BCUT2D eigenvalue weighted by atomic mass is 10.1. The molecule has 1 aromatic carbocycles. The van der Waals surface area contributed by atoms with E-state index < -0.39 is 4.92 Å². The van der Waals surface area contributed by atoms with Crippen molar-refractivity contribution < 1.29 is 9.72 Å². The highest BCUT2D eigenvalue weighted by atomic mass is 16.6. The van der Waals surface area contributed by atoms with E-state index >= 15 is 0 Å². The summed E-state index contributed by atoms with van der Waals surface area (Å²) in [6, 6.07) is 2.70. The van der Waals surface area contributed by atoms with Crippen molar-refractivity contribution >= 4 is 23.0 Å². The number of amides is 1. The van der Waals surface area contributed by atoms with Gasteiger partial charge in [-0.2, -0.15) is 5.10 Å². The van der Waals surface area contributed by atoms with Crippen molar-refractivity contribution in [3.8, 4) is 0 Å². The lowest BCUT2D eigenvalue weighted by molar-refractivity contribution is -0.384. The minimum atomic E-state index is -0.474. The Balaban J connectivity index is 1.95. The SMILES string of the molecule is CC(Nc1cc2c(cc1[N+](=O)[O-])CC(=O)N2)c1ncn[nH]1. The van der Waals surface area contributed by atoms with E-state index in [2.05, 4.69) is 25.8 Å². The van der Waals surface area contributed by atoms with Crippen molar-refractivity contribution in [1.29, 1.82) is 0 Å². The Kier molecular flexibility index (Phi) is 3.01. The molecular weight excluding hydrogens is 276 g/mol. The maximum atomic E-state index is 11.4. The molecule has 2 aromatic rings. The number of carbonyl (C=O) groups excluding carboxylic acids is 1. The molecule has 0 fully saturated rings. The number of nitro benzene ring substituents is 1. The third kappa shape index (κ3) is 2.40. The average Bonchev–Trinajstić information content (AvgIpc) is 3.05. The summed E-state index contributed by atoms with van der Waals surface area (Å²) in [5.74, 6) is 0.397. The number of nitrogens with zero attached hydrogens (tertiary/aromatic N) is 3. The van der Waals surface area contributed by atoms with Gasteiger partial charge in [0.05, 0.1) is 17.4 Å². The zero-order valence-electron chi connectivity index (χ0n) is 11.1. The number of anilines is 2. The van der Waals surface area contributed by atoms with Crippen LogP contribution < -0.4 is 10.6 Å². The van der Waals surface area contributed by atoms with Crippen molar-refractivity contribution in [1.82, 2.24) is 15.2 Å². The molecule has 1 unspecified atom stereocenters. The van der Waals surface area contributed by atoms with Crippen molar-refractivity contribution in [2.45, 2.75) is 19.4 Å². The Morgan fingerprint density at radius 3 is 2.95 bits per heavy atom. The molecule has 2 heterocycles. The number of aromatic nitrogens is 3. The number of H-pyrrole nitrogens is 1. The van der Waals surface area contributed by atoms with E-state index in [0.29, 0.717) is 22.8 Å². The van der Waals surface area contributed by atoms with Gasteiger partial charge >= 0.3 is 0 Å². The van der Waals surface area contributed by atoms with Crippen LogP contribution in [-0.4, -0.2) is 26.0 Å². The molecule has 0 saturated carbocycles. The van der Waals surface area contributed by atoms with Crippen molar-refractivity contribution in [3.05, 3.63) is 40.0 Å². The molecule has 1 atom stereocenters. The van der Waals surface area contributed by atoms with E-state index in [-0.39, 0.29) is 24.1 Å². The van der Waals surface area contributed by atoms with Crippen LogP contribution in [0.4, 0.5) is 17.1 Å². The van der Waals surface area contributed by atoms with E-state index in [9.17, 15) is 14.9 Å².